The third-order valence-corrected chi connectivity index (χ3v) is 6.63. The van der Waals surface area contributed by atoms with E-state index in [2.05, 4.69) is 96.1 Å². The highest BCUT2D eigenvalue weighted by atomic mass is 32.2. The van der Waals surface area contributed by atoms with Gasteiger partial charge in [0.25, 0.3) is 0 Å². The molecule has 0 saturated carbocycles. The fourth-order valence-corrected chi connectivity index (χ4v) is 4.76. The Bertz CT molecular complexity index is 1100. The van der Waals surface area contributed by atoms with Crippen molar-refractivity contribution in [2.75, 3.05) is 13.2 Å². The number of aryl methyl sites for hydroxylation is 1. The van der Waals surface area contributed by atoms with Gasteiger partial charge in [0.2, 0.25) is 0 Å². The minimum Gasteiger partial charge on any atom is -0.395 e. The predicted octanol–water partition coefficient (Wildman–Crippen LogP) is 6.17. The van der Waals surface area contributed by atoms with Crippen molar-refractivity contribution in [2.45, 2.75) is 36.5 Å². The number of aliphatic hydroxyl groups excluding tert-OH is 1. The zero-order chi connectivity index (χ0) is 21.5. The van der Waals surface area contributed by atoms with Gasteiger partial charge in [-0.15, -0.1) is 11.8 Å². The van der Waals surface area contributed by atoms with Crippen LogP contribution in [0.4, 0.5) is 0 Å². The molecule has 1 aliphatic rings. The van der Waals surface area contributed by atoms with Crippen LogP contribution in [0.1, 0.15) is 24.1 Å². The lowest BCUT2D eigenvalue weighted by Crippen LogP contribution is -2.24. The van der Waals surface area contributed by atoms with E-state index in [1.54, 1.807) is 0 Å². The summed E-state index contributed by atoms with van der Waals surface area (Å²) in [6.45, 7) is 3.49. The highest BCUT2D eigenvalue weighted by Gasteiger charge is 2.10. The third-order valence-electron chi connectivity index (χ3n) is 5.55. The maximum Gasteiger partial charge on any atom is 0.0584 e. The van der Waals surface area contributed by atoms with Gasteiger partial charge < -0.3 is 15.4 Å². The van der Waals surface area contributed by atoms with E-state index in [1.807, 2.05) is 11.8 Å². The molecule has 0 amide bonds. The number of hydrogen-bond acceptors (Lipinski definition) is 3. The monoisotopic (exact) mass is 430 g/mol. The fraction of sp³-hybridized carbons (Fsp3) is 0.259. The third kappa shape index (κ3) is 6.01. The Morgan fingerprint density at radius 1 is 0.935 bits per heavy atom. The minimum atomic E-state index is 0.306. The molecular weight excluding hydrogens is 400 g/mol. The first-order valence-electron chi connectivity index (χ1n) is 10.9. The van der Waals surface area contributed by atoms with Crippen molar-refractivity contribution in [3.63, 3.8) is 0 Å². The van der Waals surface area contributed by atoms with Gasteiger partial charge in [0.05, 0.1) is 6.61 Å². The SMILES string of the molecule is Cc1cc2cc(-c3cccc(CSc4ccccc4)c3)ccc2[nH]1.OCC1CCCN1. The Morgan fingerprint density at radius 2 is 1.77 bits per heavy atom. The maximum atomic E-state index is 8.50. The van der Waals surface area contributed by atoms with Crippen molar-refractivity contribution in [2.24, 2.45) is 0 Å². The minimum absolute atomic E-state index is 0.306. The summed E-state index contributed by atoms with van der Waals surface area (Å²) in [5.74, 6) is 0.989. The first kappa shape index (κ1) is 21.7. The largest absolute Gasteiger partial charge is 0.395 e. The summed E-state index contributed by atoms with van der Waals surface area (Å²) in [6, 6.07) is 28.7. The molecule has 4 heteroatoms. The molecule has 0 aliphatic carbocycles. The number of benzene rings is 3. The summed E-state index contributed by atoms with van der Waals surface area (Å²) in [4.78, 5) is 4.70. The van der Waals surface area contributed by atoms with Crippen LogP contribution in [-0.4, -0.2) is 29.3 Å². The Labute approximate surface area is 188 Å². The highest BCUT2D eigenvalue weighted by molar-refractivity contribution is 7.98. The molecule has 3 N–H and O–H groups in total. The molecule has 1 atom stereocenters. The molecule has 2 heterocycles. The molecule has 160 valence electrons. The first-order valence-corrected chi connectivity index (χ1v) is 11.9. The van der Waals surface area contributed by atoms with Crippen LogP contribution in [0.5, 0.6) is 0 Å². The summed E-state index contributed by atoms with van der Waals surface area (Å²) in [5.41, 5.74) is 6.31. The Morgan fingerprint density at radius 3 is 2.52 bits per heavy atom. The summed E-state index contributed by atoms with van der Waals surface area (Å²) in [7, 11) is 0. The van der Waals surface area contributed by atoms with E-state index in [4.69, 9.17) is 5.11 Å². The lowest BCUT2D eigenvalue weighted by atomic mass is 10.0. The zero-order valence-corrected chi connectivity index (χ0v) is 18.8. The standard InChI is InChI=1S/C22H19NS.C5H11NO/c1-16-12-20-14-19(10-11-22(20)23-16)18-7-5-6-17(13-18)15-24-21-8-3-2-4-9-21;7-4-5-2-1-3-6-5/h2-14,23H,15H2,1H3;5-7H,1-4H2. The number of rotatable bonds is 5. The number of thioether (sulfide) groups is 1. The normalized spacial score (nSPS) is 15.6. The van der Waals surface area contributed by atoms with Gasteiger partial charge in [-0.05, 0) is 73.3 Å². The van der Waals surface area contributed by atoms with Crippen molar-refractivity contribution in [3.8, 4) is 11.1 Å². The average molecular weight is 431 g/mol. The molecule has 1 aromatic heterocycles. The molecule has 1 unspecified atom stereocenters. The summed E-state index contributed by atoms with van der Waals surface area (Å²) < 4.78 is 0. The van der Waals surface area contributed by atoms with Crippen molar-refractivity contribution < 1.29 is 5.11 Å². The number of fused-ring (bicyclic) bond motifs is 1. The summed E-state index contributed by atoms with van der Waals surface area (Å²) in [5, 5.41) is 12.9. The van der Waals surface area contributed by atoms with E-state index in [9.17, 15) is 0 Å². The highest BCUT2D eigenvalue weighted by Crippen LogP contribution is 2.28. The number of hydrogen-bond donors (Lipinski definition) is 3. The van der Waals surface area contributed by atoms with E-state index in [0.717, 1.165) is 18.7 Å². The van der Waals surface area contributed by atoms with Gasteiger partial charge in [-0.1, -0.05) is 48.5 Å². The van der Waals surface area contributed by atoms with Crippen LogP contribution < -0.4 is 5.32 Å². The smallest absolute Gasteiger partial charge is 0.0584 e. The molecule has 5 rings (SSSR count). The number of nitrogens with one attached hydrogen (secondary N) is 2. The van der Waals surface area contributed by atoms with Crippen LogP contribution >= 0.6 is 11.8 Å². The van der Waals surface area contributed by atoms with Crippen LogP contribution in [0.15, 0.2) is 83.8 Å². The number of aliphatic hydroxyl groups is 1. The number of aromatic nitrogens is 1. The zero-order valence-electron chi connectivity index (χ0n) is 18.0. The van der Waals surface area contributed by atoms with Crippen LogP contribution in [0, 0.1) is 6.92 Å². The lowest BCUT2D eigenvalue weighted by molar-refractivity contribution is 0.255. The Kier molecular flexibility index (Phi) is 7.47. The van der Waals surface area contributed by atoms with Gasteiger partial charge >= 0.3 is 0 Å². The second-order valence-electron chi connectivity index (χ2n) is 8.03. The van der Waals surface area contributed by atoms with Gasteiger partial charge in [-0.3, -0.25) is 0 Å². The van der Waals surface area contributed by atoms with Crippen LogP contribution in [0.3, 0.4) is 0 Å². The topological polar surface area (TPSA) is 48.0 Å². The van der Waals surface area contributed by atoms with Gasteiger partial charge in [0.1, 0.15) is 0 Å². The van der Waals surface area contributed by atoms with Crippen molar-refractivity contribution in [1.82, 2.24) is 10.3 Å². The molecule has 0 bridgehead atoms. The van der Waals surface area contributed by atoms with E-state index in [0.29, 0.717) is 12.6 Å². The van der Waals surface area contributed by atoms with Gasteiger partial charge in [-0.2, -0.15) is 0 Å². The molecule has 0 radical (unpaired) electrons. The molecule has 3 nitrogen and oxygen atoms in total. The van der Waals surface area contributed by atoms with E-state index < -0.39 is 0 Å². The summed E-state index contributed by atoms with van der Waals surface area (Å²) in [6.07, 6.45) is 2.38. The molecular formula is C27H30N2OS. The molecule has 1 fully saturated rings. The average Bonchev–Trinajstić information content (AvgIpc) is 3.47. The first-order chi connectivity index (χ1) is 15.2. The maximum absolute atomic E-state index is 8.50. The van der Waals surface area contributed by atoms with Crippen LogP contribution in [-0.2, 0) is 5.75 Å². The molecule has 31 heavy (non-hydrogen) atoms. The van der Waals surface area contributed by atoms with Crippen molar-refractivity contribution in [1.29, 1.82) is 0 Å². The van der Waals surface area contributed by atoms with E-state index >= 15 is 0 Å². The predicted molar refractivity (Wildman–Crippen MR) is 133 cm³/mol. The van der Waals surface area contributed by atoms with Gasteiger partial charge in [0.15, 0.2) is 0 Å². The molecule has 3 aromatic carbocycles. The molecule has 1 aliphatic heterocycles. The summed E-state index contributed by atoms with van der Waals surface area (Å²) >= 11 is 1.88. The lowest BCUT2D eigenvalue weighted by Gasteiger charge is -2.06. The number of aromatic amines is 1. The van der Waals surface area contributed by atoms with Gasteiger partial charge in [0, 0.05) is 33.3 Å². The Balaban J connectivity index is 0.000000282. The molecule has 4 aromatic rings. The quantitative estimate of drug-likeness (QED) is 0.332. The second-order valence-corrected chi connectivity index (χ2v) is 9.08. The van der Waals surface area contributed by atoms with Crippen molar-refractivity contribution in [3.05, 3.63) is 90.1 Å². The molecule has 0 spiro atoms. The second kappa shape index (κ2) is 10.7. The fourth-order valence-electron chi connectivity index (χ4n) is 3.89. The van der Waals surface area contributed by atoms with Crippen LogP contribution in [0.2, 0.25) is 0 Å². The van der Waals surface area contributed by atoms with Gasteiger partial charge in [-0.25, -0.2) is 0 Å². The van der Waals surface area contributed by atoms with Crippen LogP contribution in [0.25, 0.3) is 22.0 Å². The molecule has 1 saturated heterocycles. The Hall–Kier alpha value is -2.53. The van der Waals surface area contributed by atoms with E-state index in [-0.39, 0.29) is 0 Å². The number of H-pyrrole nitrogens is 1. The van der Waals surface area contributed by atoms with Crippen molar-refractivity contribution >= 4 is 22.7 Å². The van der Waals surface area contributed by atoms with E-state index in [1.165, 1.54) is 44.6 Å².